The zero-order chi connectivity index (χ0) is 24.4. The zero-order valence-electron chi connectivity index (χ0n) is 18.7. The van der Waals surface area contributed by atoms with Gasteiger partial charge in [-0.3, -0.25) is 19.3 Å². The van der Waals surface area contributed by atoms with Gasteiger partial charge in [-0.05, 0) is 48.5 Å². The summed E-state index contributed by atoms with van der Waals surface area (Å²) in [7, 11) is 2.84. The van der Waals surface area contributed by atoms with Crippen LogP contribution in [-0.4, -0.2) is 36.9 Å². The lowest BCUT2D eigenvalue weighted by atomic mass is 9.98. The van der Waals surface area contributed by atoms with Gasteiger partial charge in [0.1, 0.15) is 34.6 Å². The van der Waals surface area contributed by atoms with E-state index >= 15 is 0 Å². The predicted octanol–water partition coefficient (Wildman–Crippen LogP) is 3.88. The first kappa shape index (κ1) is 22.7. The molecule has 2 amide bonds. The lowest BCUT2D eigenvalue weighted by Crippen LogP contribution is -2.29. The van der Waals surface area contributed by atoms with Crippen molar-refractivity contribution in [3.8, 4) is 11.5 Å². The van der Waals surface area contributed by atoms with Gasteiger partial charge in [0.05, 0.1) is 26.1 Å². The Labute approximate surface area is 195 Å². The van der Waals surface area contributed by atoms with Gasteiger partial charge >= 0.3 is 0 Å². The van der Waals surface area contributed by atoms with Crippen molar-refractivity contribution in [3.63, 3.8) is 0 Å². The van der Waals surface area contributed by atoms with E-state index in [0.29, 0.717) is 11.4 Å². The molecule has 0 radical (unpaired) electrons. The Morgan fingerprint density at radius 3 is 2.18 bits per heavy atom. The quantitative estimate of drug-likeness (QED) is 0.324. The van der Waals surface area contributed by atoms with Gasteiger partial charge in [0, 0.05) is 18.3 Å². The summed E-state index contributed by atoms with van der Waals surface area (Å²) in [6, 6.07) is 13.5. The Morgan fingerprint density at radius 1 is 1.00 bits per heavy atom. The van der Waals surface area contributed by atoms with Crippen LogP contribution in [0.25, 0.3) is 5.76 Å². The highest BCUT2D eigenvalue weighted by atomic mass is 16.5. The molecule has 1 fully saturated rings. The van der Waals surface area contributed by atoms with Crippen molar-refractivity contribution in [2.24, 2.45) is 0 Å². The molecule has 2 aromatic carbocycles. The fraction of sp³-hybridized carbons (Fsp3) is 0.160. The Morgan fingerprint density at radius 2 is 1.65 bits per heavy atom. The second kappa shape index (κ2) is 9.14. The Balaban J connectivity index is 1.90. The number of ketones is 1. The summed E-state index contributed by atoms with van der Waals surface area (Å²) in [6.07, 6.45) is 1.42. The van der Waals surface area contributed by atoms with Gasteiger partial charge < -0.3 is 24.3 Å². The van der Waals surface area contributed by atoms with Crippen LogP contribution in [0.4, 0.5) is 11.4 Å². The van der Waals surface area contributed by atoms with Gasteiger partial charge in [-0.2, -0.15) is 0 Å². The van der Waals surface area contributed by atoms with Crippen molar-refractivity contribution in [1.29, 1.82) is 0 Å². The third-order valence-electron chi connectivity index (χ3n) is 5.39. The summed E-state index contributed by atoms with van der Waals surface area (Å²) < 4.78 is 16.3. The molecule has 0 bridgehead atoms. The summed E-state index contributed by atoms with van der Waals surface area (Å²) in [5, 5.41) is 14.0. The summed E-state index contributed by atoms with van der Waals surface area (Å²) in [5.74, 6) is -1.62. The molecular formula is C25H22N2O7. The molecule has 1 atom stereocenters. The number of aliphatic hydroxyl groups excluding tert-OH is 1. The first-order valence-electron chi connectivity index (χ1n) is 10.3. The number of ether oxygens (including phenoxy) is 2. The second-order valence-electron chi connectivity index (χ2n) is 7.45. The molecule has 9 nitrogen and oxygen atoms in total. The molecule has 2 N–H and O–H groups in total. The van der Waals surface area contributed by atoms with Crippen LogP contribution in [0.2, 0.25) is 0 Å². The van der Waals surface area contributed by atoms with Gasteiger partial charge in [-0.15, -0.1) is 0 Å². The first-order valence-corrected chi connectivity index (χ1v) is 10.3. The summed E-state index contributed by atoms with van der Waals surface area (Å²) in [4.78, 5) is 39.0. The lowest BCUT2D eigenvalue weighted by molar-refractivity contribution is -0.132. The van der Waals surface area contributed by atoms with E-state index in [0.717, 1.165) is 0 Å². The minimum Gasteiger partial charge on any atom is -0.506 e. The van der Waals surface area contributed by atoms with Crippen molar-refractivity contribution in [3.05, 3.63) is 77.8 Å². The molecule has 2 heterocycles. The fourth-order valence-corrected chi connectivity index (χ4v) is 3.94. The van der Waals surface area contributed by atoms with E-state index in [9.17, 15) is 19.5 Å². The third-order valence-corrected chi connectivity index (χ3v) is 5.39. The Bertz CT molecular complexity index is 1250. The van der Waals surface area contributed by atoms with E-state index in [4.69, 9.17) is 13.9 Å². The van der Waals surface area contributed by atoms with E-state index in [1.165, 1.54) is 32.3 Å². The fourth-order valence-electron chi connectivity index (χ4n) is 3.94. The molecule has 4 rings (SSSR count). The number of methoxy groups -OCH3 is 2. The van der Waals surface area contributed by atoms with Gasteiger partial charge in [-0.1, -0.05) is 6.07 Å². The molecule has 3 aromatic rings. The average Bonchev–Trinajstić information content (AvgIpc) is 3.45. The predicted molar refractivity (Wildman–Crippen MR) is 124 cm³/mol. The van der Waals surface area contributed by atoms with Crippen molar-refractivity contribution >= 4 is 34.7 Å². The van der Waals surface area contributed by atoms with Crippen LogP contribution >= 0.6 is 0 Å². The SMILES string of the molecule is COc1cccc(OC)c1/C(O)=C1\C(=O)C(=O)N(c2ccc(NC(C)=O)cc2)C1c1ccco1. The molecule has 1 aliphatic rings. The minimum atomic E-state index is -1.05. The van der Waals surface area contributed by atoms with Crippen molar-refractivity contribution in [2.75, 3.05) is 24.4 Å². The number of nitrogens with one attached hydrogen (secondary N) is 1. The molecule has 0 aliphatic carbocycles. The number of anilines is 2. The molecular weight excluding hydrogens is 440 g/mol. The number of carbonyl (C=O) groups is 3. The van der Waals surface area contributed by atoms with Gasteiger partial charge in [0.15, 0.2) is 0 Å². The van der Waals surface area contributed by atoms with Crippen molar-refractivity contribution < 1.29 is 33.4 Å². The van der Waals surface area contributed by atoms with Crippen LogP contribution < -0.4 is 19.7 Å². The Kier molecular flexibility index (Phi) is 6.09. The number of furan rings is 1. The van der Waals surface area contributed by atoms with Crippen LogP contribution in [0.15, 0.2) is 70.9 Å². The van der Waals surface area contributed by atoms with E-state index < -0.39 is 23.5 Å². The highest BCUT2D eigenvalue weighted by molar-refractivity contribution is 6.51. The molecule has 0 spiro atoms. The largest absolute Gasteiger partial charge is 0.506 e. The van der Waals surface area contributed by atoms with Crippen LogP contribution in [0.5, 0.6) is 11.5 Å². The average molecular weight is 462 g/mol. The smallest absolute Gasteiger partial charge is 0.300 e. The number of rotatable bonds is 6. The standard InChI is InChI=1S/C25H22N2O7/c1-14(28)26-15-9-11-16(12-10-15)27-22(19-8-5-13-34-19)21(24(30)25(27)31)23(29)20-17(32-2)6-4-7-18(20)33-3/h4-13,22,29H,1-3H3,(H,26,28)/b23-21+. The molecule has 1 aliphatic heterocycles. The zero-order valence-corrected chi connectivity index (χ0v) is 18.7. The maximum absolute atomic E-state index is 13.2. The van der Waals surface area contributed by atoms with Crippen LogP contribution in [0.1, 0.15) is 24.3 Å². The molecule has 1 unspecified atom stereocenters. The van der Waals surface area contributed by atoms with Crippen molar-refractivity contribution in [2.45, 2.75) is 13.0 Å². The number of carbonyl (C=O) groups excluding carboxylic acids is 3. The number of aliphatic hydroxyl groups is 1. The number of nitrogens with zero attached hydrogens (tertiary/aromatic N) is 1. The normalized spacial score (nSPS) is 17.0. The lowest BCUT2D eigenvalue weighted by Gasteiger charge is -2.24. The van der Waals surface area contributed by atoms with Crippen LogP contribution in [0, 0.1) is 0 Å². The van der Waals surface area contributed by atoms with Gasteiger partial charge in [0.25, 0.3) is 11.7 Å². The Hall–Kier alpha value is -4.53. The number of benzene rings is 2. The van der Waals surface area contributed by atoms with E-state index in [-0.39, 0.29) is 34.3 Å². The highest BCUT2D eigenvalue weighted by Crippen LogP contribution is 2.45. The molecule has 174 valence electrons. The molecule has 9 heteroatoms. The topological polar surface area (TPSA) is 118 Å². The van der Waals surface area contributed by atoms with Gasteiger partial charge in [0.2, 0.25) is 5.91 Å². The maximum Gasteiger partial charge on any atom is 0.300 e. The molecule has 1 saturated heterocycles. The number of Topliss-reactive ketones (excluding diaryl/α,β-unsaturated/α-hetero) is 1. The highest BCUT2D eigenvalue weighted by Gasteiger charge is 2.48. The van der Waals surface area contributed by atoms with Crippen molar-refractivity contribution in [1.82, 2.24) is 0 Å². The molecule has 0 saturated carbocycles. The van der Waals surface area contributed by atoms with E-state index in [1.807, 2.05) is 0 Å². The summed E-state index contributed by atoms with van der Waals surface area (Å²) >= 11 is 0. The first-order chi connectivity index (χ1) is 16.4. The van der Waals surface area contributed by atoms with Crippen LogP contribution in [0.3, 0.4) is 0 Å². The maximum atomic E-state index is 13.2. The van der Waals surface area contributed by atoms with E-state index in [1.54, 1.807) is 54.6 Å². The van der Waals surface area contributed by atoms with E-state index in [2.05, 4.69) is 5.32 Å². The minimum absolute atomic E-state index is 0.142. The van der Waals surface area contributed by atoms with Gasteiger partial charge in [-0.25, -0.2) is 0 Å². The molecule has 34 heavy (non-hydrogen) atoms. The number of amides is 2. The summed E-state index contributed by atoms with van der Waals surface area (Å²) in [5.41, 5.74) is 0.876. The summed E-state index contributed by atoms with van der Waals surface area (Å²) in [6.45, 7) is 1.38. The molecule has 1 aromatic heterocycles. The number of hydrogen-bond acceptors (Lipinski definition) is 7. The third kappa shape index (κ3) is 3.88. The number of hydrogen-bond donors (Lipinski definition) is 2. The van der Waals surface area contributed by atoms with Crippen LogP contribution in [-0.2, 0) is 14.4 Å². The monoisotopic (exact) mass is 462 g/mol. The second-order valence-corrected chi connectivity index (χ2v) is 7.45.